The van der Waals surface area contributed by atoms with Crippen molar-refractivity contribution in [1.82, 2.24) is 14.6 Å². The van der Waals surface area contributed by atoms with Crippen LogP contribution in [0.5, 0.6) is 0 Å². The van der Waals surface area contributed by atoms with Crippen molar-refractivity contribution in [2.75, 3.05) is 12.4 Å². The number of esters is 1. The Labute approximate surface area is 158 Å². The average Bonchev–Trinajstić information content (AvgIpc) is 3.08. The molecule has 2 aromatic heterocycles. The largest absolute Gasteiger partial charge is 0.465 e. The van der Waals surface area contributed by atoms with Gasteiger partial charge < -0.3 is 10.1 Å². The molecule has 0 atom stereocenters. The van der Waals surface area contributed by atoms with E-state index in [9.17, 15) is 9.59 Å². The predicted molar refractivity (Wildman–Crippen MR) is 98.6 cm³/mol. The number of ether oxygens (including phenoxy) is 1. The van der Waals surface area contributed by atoms with Gasteiger partial charge in [0.15, 0.2) is 0 Å². The normalized spacial score (nSPS) is 10.4. The third-order valence-corrected chi connectivity index (χ3v) is 4.72. The van der Waals surface area contributed by atoms with E-state index in [2.05, 4.69) is 19.9 Å². The predicted octanol–water partition coefficient (Wildman–Crippen LogP) is 3.60. The Balaban J connectivity index is 1.83. The Kier molecular flexibility index (Phi) is 5.24. The molecule has 0 aliphatic rings. The lowest BCUT2D eigenvalue weighted by Crippen LogP contribution is -2.12. The summed E-state index contributed by atoms with van der Waals surface area (Å²) in [5.41, 5.74) is 2.30. The first-order valence-corrected chi connectivity index (χ1v) is 8.59. The molecule has 1 amide bonds. The summed E-state index contributed by atoms with van der Waals surface area (Å²) in [7, 11) is 1.32. The number of pyridine rings is 1. The number of amides is 1. The number of methoxy groups -OCH3 is 1. The SMILES string of the molecule is COC(=O)c1ccc(Cl)c(-c2ccc(NC(=O)c3snnc3C)nc2)c1. The van der Waals surface area contributed by atoms with Gasteiger partial charge in [-0.25, -0.2) is 9.78 Å². The molecule has 0 unspecified atom stereocenters. The third-order valence-electron chi connectivity index (χ3n) is 3.56. The Hall–Kier alpha value is -2.84. The van der Waals surface area contributed by atoms with Gasteiger partial charge in [-0.1, -0.05) is 16.1 Å². The zero-order chi connectivity index (χ0) is 18.7. The monoisotopic (exact) mass is 388 g/mol. The van der Waals surface area contributed by atoms with Crippen molar-refractivity contribution in [2.45, 2.75) is 6.92 Å². The Morgan fingerprint density at radius 1 is 1.23 bits per heavy atom. The minimum atomic E-state index is -0.451. The number of hydrogen-bond acceptors (Lipinski definition) is 7. The summed E-state index contributed by atoms with van der Waals surface area (Å²) in [6.45, 7) is 1.71. The van der Waals surface area contributed by atoms with Gasteiger partial charge >= 0.3 is 5.97 Å². The summed E-state index contributed by atoms with van der Waals surface area (Å²) in [6, 6.07) is 8.25. The van der Waals surface area contributed by atoms with Crippen LogP contribution >= 0.6 is 23.1 Å². The second kappa shape index (κ2) is 7.59. The number of aryl methyl sites for hydroxylation is 1. The van der Waals surface area contributed by atoms with Gasteiger partial charge in [-0.05, 0) is 48.8 Å². The van der Waals surface area contributed by atoms with Crippen molar-refractivity contribution < 1.29 is 14.3 Å². The second-order valence-electron chi connectivity index (χ2n) is 5.26. The number of anilines is 1. The molecule has 7 nitrogen and oxygen atoms in total. The summed E-state index contributed by atoms with van der Waals surface area (Å²) < 4.78 is 8.46. The maximum absolute atomic E-state index is 12.2. The molecule has 2 heterocycles. The molecule has 3 rings (SSSR count). The van der Waals surface area contributed by atoms with Crippen molar-refractivity contribution in [3.05, 3.63) is 57.7 Å². The van der Waals surface area contributed by atoms with Crippen LogP contribution in [-0.4, -0.2) is 33.6 Å². The van der Waals surface area contributed by atoms with Crippen LogP contribution in [0.4, 0.5) is 5.82 Å². The van der Waals surface area contributed by atoms with E-state index in [-0.39, 0.29) is 5.91 Å². The van der Waals surface area contributed by atoms with E-state index in [4.69, 9.17) is 16.3 Å². The fourth-order valence-electron chi connectivity index (χ4n) is 2.23. The number of nitrogens with one attached hydrogen (secondary N) is 1. The highest BCUT2D eigenvalue weighted by atomic mass is 35.5. The molecule has 0 saturated heterocycles. The molecule has 0 saturated carbocycles. The van der Waals surface area contributed by atoms with Crippen molar-refractivity contribution in [3.63, 3.8) is 0 Å². The van der Waals surface area contributed by atoms with Gasteiger partial charge in [0, 0.05) is 22.3 Å². The van der Waals surface area contributed by atoms with Crippen LogP contribution in [0.3, 0.4) is 0 Å². The van der Waals surface area contributed by atoms with Gasteiger partial charge in [0.25, 0.3) is 5.91 Å². The number of carbonyl (C=O) groups excluding carboxylic acids is 2. The summed E-state index contributed by atoms with van der Waals surface area (Å²) in [5, 5.41) is 6.97. The number of carbonyl (C=O) groups is 2. The molecule has 0 radical (unpaired) electrons. The molecule has 132 valence electrons. The molecule has 9 heteroatoms. The number of hydrogen-bond donors (Lipinski definition) is 1. The molecule has 3 aromatic rings. The van der Waals surface area contributed by atoms with E-state index in [1.807, 2.05) is 0 Å². The molecule has 0 aliphatic carbocycles. The lowest BCUT2D eigenvalue weighted by molar-refractivity contribution is 0.0600. The van der Waals surface area contributed by atoms with Crippen molar-refractivity contribution >= 4 is 40.8 Å². The van der Waals surface area contributed by atoms with Gasteiger partial charge in [-0.2, -0.15) is 0 Å². The lowest BCUT2D eigenvalue weighted by atomic mass is 10.0. The zero-order valence-corrected chi connectivity index (χ0v) is 15.4. The highest BCUT2D eigenvalue weighted by Crippen LogP contribution is 2.29. The Morgan fingerprint density at radius 2 is 2.04 bits per heavy atom. The third kappa shape index (κ3) is 3.71. The highest BCUT2D eigenvalue weighted by molar-refractivity contribution is 7.08. The molecule has 26 heavy (non-hydrogen) atoms. The van der Waals surface area contributed by atoms with Gasteiger partial charge in [-0.15, -0.1) is 5.10 Å². The average molecular weight is 389 g/mol. The fourth-order valence-corrected chi connectivity index (χ4v) is 3.01. The second-order valence-corrected chi connectivity index (χ2v) is 6.42. The van der Waals surface area contributed by atoms with E-state index in [0.717, 1.165) is 11.5 Å². The number of benzene rings is 1. The first-order valence-electron chi connectivity index (χ1n) is 7.44. The summed E-state index contributed by atoms with van der Waals surface area (Å²) in [5.74, 6) is -0.386. The Morgan fingerprint density at radius 3 is 2.65 bits per heavy atom. The van der Waals surface area contributed by atoms with Crippen LogP contribution in [0.2, 0.25) is 5.02 Å². The molecule has 0 fully saturated rings. The van der Waals surface area contributed by atoms with Gasteiger partial charge in [0.1, 0.15) is 10.7 Å². The topological polar surface area (TPSA) is 94.1 Å². The van der Waals surface area contributed by atoms with E-state index >= 15 is 0 Å². The quantitative estimate of drug-likeness (QED) is 0.686. The van der Waals surface area contributed by atoms with E-state index < -0.39 is 5.97 Å². The molecule has 0 spiro atoms. The van der Waals surface area contributed by atoms with E-state index in [1.54, 1.807) is 43.5 Å². The van der Waals surface area contributed by atoms with Crippen molar-refractivity contribution in [3.8, 4) is 11.1 Å². The van der Waals surface area contributed by atoms with Gasteiger partial charge in [-0.3, -0.25) is 4.79 Å². The molecule has 0 aliphatic heterocycles. The fraction of sp³-hybridized carbons (Fsp3) is 0.118. The maximum Gasteiger partial charge on any atom is 0.337 e. The van der Waals surface area contributed by atoms with Crippen LogP contribution in [-0.2, 0) is 4.74 Å². The molecule has 1 aromatic carbocycles. The number of halogens is 1. The number of rotatable bonds is 4. The minimum Gasteiger partial charge on any atom is -0.465 e. The summed E-state index contributed by atoms with van der Waals surface area (Å²) in [4.78, 5) is 28.5. The molecule has 1 N–H and O–H groups in total. The van der Waals surface area contributed by atoms with Gasteiger partial charge in [0.2, 0.25) is 0 Å². The zero-order valence-electron chi connectivity index (χ0n) is 13.8. The van der Waals surface area contributed by atoms with E-state index in [1.165, 1.54) is 7.11 Å². The van der Waals surface area contributed by atoms with Crippen LogP contribution in [0, 0.1) is 6.92 Å². The van der Waals surface area contributed by atoms with Crippen LogP contribution in [0.15, 0.2) is 36.5 Å². The summed E-state index contributed by atoms with van der Waals surface area (Å²) in [6.07, 6.45) is 1.57. The number of aromatic nitrogens is 3. The lowest BCUT2D eigenvalue weighted by Gasteiger charge is -2.08. The first-order chi connectivity index (χ1) is 12.5. The standard InChI is InChI=1S/C17H13ClN4O3S/c1-9-15(26-22-21-9)16(23)20-14-6-4-11(8-19-14)12-7-10(17(24)25-2)3-5-13(12)18/h3-8H,1-2H3,(H,19,20,23). The van der Waals surface area contributed by atoms with Crippen LogP contribution in [0.1, 0.15) is 25.7 Å². The van der Waals surface area contributed by atoms with Crippen molar-refractivity contribution in [1.29, 1.82) is 0 Å². The first kappa shape index (κ1) is 18.0. The molecule has 0 bridgehead atoms. The molecular weight excluding hydrogens is 376 g/mol. The van der Waals surface area contributed by atoms with Crippen LogP contribution in [0.25, 0.3) is 11.1 Å². The smallest absolute Gasteiger partial charge is 0.337 e. The van der Waals surface area contributed by atoms with E-state index in [0.29, 0.717) is 38.1 Å². The van der Waals surface area contributed by atoms with Crippen molar-refractivity contribution in [2.24, 2.45) is 0 Å². The molecular formula is C17H13ClN4O3S. The van der Waals surface area contributed by atoms with Crippen LogP contribution < -0.4 is 5.32 Å². The highest BCUT2D eigenvalue weighted by Gasteiger charge is 2.14. The maximum atomic E-state index is 12.2. The Bertz CT molecular complexity index is 972. The number of nitrogens with zero attached hydrogens (tertiary/aromatic N) is 3. The summed E-state index contributed by atoms with van der Waals surface area (Å²) >= 11 is 7.25. The minimum absolute atomic E-state index is 0.316. The van der Waals surface area contributed by atoms with Gasteiger partial charge in [0.05, 0.1) is 18.4 Å².